The van der Waals surface area contributed by atoms with E-state index in [0.717, 1.165) is 36.5 Å². The van der Waals surface area contributed by atoms with Gasteiger partial charge >= 0.3 is 0 Å². The second kappa shape index (κ2) is 11.3. The highest BCUT2D eigenvalue weighted by molar-refractivity contribution is 6.31. The maximum absolute atomic E-state index is 13.3. The molecule has 2 heterocycles. The molecule has 37 heavy (non-hydrogen) atoms. The van der Waals surface area contributed by atoms with Gasteiger partial charge in [-0.15, -0.1) is 0 Å². The van der Waals surface area contributed by atoms with E-state index in [4.69, 9.17) is 28.2 Å². The molecule has 0 unspecified atom stereocenters. The molecular weight excluding hydrogens is 503 g/mol. The number of benzene rings is 3. The molecule has 0 spiro atoms. The molecule has 1 aliphatic rings. The summed E-state index contributed by atoms with van der Waals surface area (Å²) in [7, 11) is 0. The van der Waals surface area contributed by atoms with Crippen molar-refractivity contribution < 1.29 is 4.79 Å². The van der Waals surface area contributed by atoms with E-state index in [1.54, 1.807) is 24.4 Å². The molecule has 1 fully saturated rings. The van der Waals surface area contributed by atoms with Gasteiger partial charge in [-0.3, -0.25) is 4.79 Å². The lowest BCUT2D eigenvalue weighted by Crippen LogP contribution is -2.26. The molecule has 1 saturated heterocycles. The summed E-state index contributed by atoms with van der Waals surface area (Å²) in [4.78, 5) is 25.2. The van der Waals surface area contributed by atoms with Crippen LogP contribution in [0.4, 0.5) is 11.6 Å². The highest BCUT2D eigenvalue weighted by atomic mass is 35.5. The molecule has 1 N–H and O–H groups in total. The highest BCUT2D eigenvalue weighted by Crippen LogP contribution is 2.35. The molecule has 5 rings (SSSR count). The second-order valence-corrected chi connectivity index (χ2v) is 10.2. The van der Waals surface area contributed by atoms with E-state index in [0.29, 0.717) is 28.6 Å². The lowest BCUT2D eigenvalue weighted by Gasteiger charge is -2.26. The van der Waals surface area contributed by atoms with Crippen molar-refractivity contribution >= 4 is 40.7 Å². The van der Waals surface area contributed by atoms with Crippen LogP contribution in [-0.2, 0) is 12.8 Å². The van der Waals surface area contributed by atoms with Gasteiger partial charge in [-0.25, -0.2) is 9.97 Å². The maximum atomic E-state index is 13.3. The molecule has 3 aromatic carbocycles. The quantitative estimate of drug-likeness (QED) is 0.269. The number of aromatic nitrogens is 2. The van der Waals surface area contributed by atoms with E-state index < -0.39 is 0 Å². The van der Waals surface area contributed by atoms with E-state index in [2.05, 4.69) is 46.4 Å². The normalized spacial score (nSPS) is 15.1. The summed E-state index contributed by atoms with van der Waals surface area (Å²) in [5, 5.41) is 4.23. The predicted molar refractivity (Wildman–Crippen MR) is 151 cm³/mol. The van der Waals surface area contributed by atoms with Crippen LogP contribution in [0.5, 0.6) is 0 Å². The Hall–Kier alpha value is -3.41. The van der Waals surface area contributed by atoms with Crippen LogP contribution in [-0.4, -0.2) is 22.4 Å². The minimum atomic E-state index is -0.246. The van der Waals surface area contributed by atoms with Crippen LogP contribution in [0.15, 0.2) is 79.0 Å². The summed E-state index contributed by atoms with van der Waals surface area (Å²) in [6.45, 7) is 2.97. The van der Waals surface area contributed by atoms with E-state index in [-0.39, 0.29) is 11.9 Å². The number of nitrogens with one attached hydrogen (secondary N) is 1. The summed E-state index contributed by atoms with van der Waals surface area (Å²) in [5.74, 6) is 0.404. The van der Waals surface area contributed by atoms with Gasteiger partial charge in [-0.2, -0.15) is 0 Å². The number of carbonyl (C=O) groups excluding carboxylic acids is 1. The summed E-state index contributed by atoms with van der Waals surface area (Å²) >= 11 is 12.2. The molecule has 1 aliphatic heterocycles. The van der Waals surface area contributed by atoms with Crippen LogP contribution in [0.2, 0.25) is 10.0 Å². The fourth-order valence-corrected chi connectivity index (χ4v) is 5.19. The molecule has 5 nitrogen and oxygen atoms in total. The van der Waals surface area contributed by atoms with Crippen LogP contribution in [0, 0.1) is 6.92 Å². The van der Waals surface area contributed by atoms with Crippen molar-refractivity contribution in [2.24, 2.45) is 0 Å². The molecule has 0 aliphatic carbocycles. The number of aryl methyl sites for hydroxylation is 3. The summed E-state index contributed by atoms with van der Waals surface area (Å²) in [6, 6.07) is 23.6. The number of carbonyl (C=O) groups is 1. The van der Waals surface area contributed by atoms with Crippen LogP contribution >= 0.6 is 23.2 Å². The number of hydrogen-bond acceptors (Lipinski definition) is 4. The number of rotatable bonds is 7. The van der Waals surface area contributed by atoms with Gasteiger partial charge in [0, 0.05) is 28.5 Å². The van der Waals surface area contributed by atoms with Gasteiger partial charge < -0.3 is 10.2 Å². The number of nitrogens with zero attached hydrogens (tertiary/aromatic N) is 3. The molecular formula is C30H28Cl2N4O. The molecule has 0 saturated carbocycles. The Balaban J connectivity index is 1.46. The molecule has 188 valence electrons. The van der Waals surface area contributed by atoms with Crippen molar-refractivity contribution in [3.63, 3.8) is 0 Å². The summed E-state index contributed by atoms with van der Waals surface area (Å²) in [6.07, 6.45) is 5.12. The van der Waals surface area contributed by atoms with Gasteiger partial charge in [-0.05, 0) is 79.6 Å². The van der Waals surface area contributed by atoms with Crippen molar-refractivity contribution in [1.29, 1.82) is 0 Å². The van der Waals surface area contributed by atoms with Crippen LogP contribution in [0.25, 0.3) is 0 Å². The van der Waals surface area contributed by atoms with E-state index in [1.807, 2.05) is 30.3 Å². The van der Waals surface area contributed by atoms with Gasteiger partial charge in [0.15, 0.2) is 0 Å². The molecule has 1 amide bonds. The SMILES string of the molecule is Cc1ccccc1CCc1nc(N2CCC[C@H]2c2ccc(Cl)cc2)ncc1C(=O)Nc1cccc(Cl)c1. The van der Waals surface area contributed by atoms with Crippen molar-refractivity contribution in [2.45, 2.75) is 38.6 Å². The topological polar surface area (TPSA) is 58.1 Å². The van der Waals surface area contributed by atoms with Gasteiger partial charge in [-0.1, -0.05) is 65.7 Å². The van der Waals surface area contributed by atoms with Crippen LogP contribution in [0.3, 0.4) is 0 Å². The number of anilines is 2. The van der Waals surface area contributed by atoms with Gasteiger partial charge in [0.05, 0.1) is 17.3 Å². The third-order valence-electron chi connectivity index (χ3n) is 6.84. The van der Waals surface area contributed by atoms with Gasteiger partial charge in [0.2, 0.25) is 5.95 Å². The average Bonchev–Trinajstić information content (AvgIpc) is 3.38. The molecule has 1 atom stereocenters. The zero-order valence-electron chi connectivity index (χ0n) is 20.6. The molecule has 1 aromatic heterocycles. The first-order valence-corrected chi connectivity index (χ1v) is 13.2. The molecule has 7 heteroatoms. The van der Waals surface area contributed by atoms with E-state index >= 15 is 0 Å². The third-order valence-corrected chi connectivity index (χ3v) is 7.33. The van der Waals surface area contributed by atoms with Crippen LogP contribution in [0.1, 0.15) is 51.6 Å². The molecule has 4 aromatic rings. The second-order valence-electron chi connectivity index (χ2n) is 9.32. The van der Waals surface area contributed by atoms with E-state index in [9.17, 15) is 4.79 Å². The maximum Gasteiger partial charge on any atom is 0.259 e. The number of halogens is 2. The Kier molecular flexibility index (Phi) is 7.73. The van der Waals surface area contributed by atoms with Crippen LogP contribution < -0.4 is 10.2 Å². The minimum absolute atomic E-state index is 0.174. The van der Waals surface area contributed by atoms with Crippen molar-refractivity contribution in [3.05, 3.63) is 117 Å². The standard InChI is InChI=1S/C30H28Cl2N4O/c1-20-6-2-3-7-21(20)13-16-27-26(29(37)34-25-9-4-8-24(32)18-25)19-33-30(35-27)36-17-5-10-28(36)22-11-14-23(31)15-12-22/h2-4,6-9,11-12,14-15,18-19,28H,5,10,13,16-17H2,1H3,(H,34,37)/t28-/m0/s1. The Morgan fingerprint density at radius 1 is 1.00 bits per heavy atom. The first kappa shape index (κ1) is 25.2. The lowest BCUT2D eigenvalue weighted by molar-refractivity contribution is 0.102. The molecule has 0 bridgehead atoms. The number of amides is 1. The average molecular weight is 531 g/mol. The largest absolute Gasteiger partial charge is 0.334 e. The summed E-state index contributed by atoms with van der Waals surface area (Å²) in [5.41, 5.74) is 5.49. The lowest BCUT2D eigenvalue weighted by atomic mass is 10.0. The Labute approximate surface area is 227 Å². The Morgan fingerprint density at radius 2 is 1.81 bits per heavy atom. The Bertz CT molecular complexity index is 1410. The zero-order valence-corrected chi connectivity index (χ0v) is 22.1. The third kappa shape index (κ3) is 5.95. The molecule has 0 radical (unpaired) electrons. The number of hydrogen-bond donors (Lipinski definition) is 1. The first-order chi connectivity index (χ1) is 18.0. The van der Waals surface area contributed by atoms with Crippen molar-refractivity contribution in [1.82, 2.24) is 9.97 Å². The fourth-order valence-electron chi connectivity index (χ4n) is 4.87. The summed E-state index contributed by atoms with van der Waals surface area (Å²) < 4.78 is 0. The highest BCUT2D eigenvalue weighted by Gasteiger charge is 2.29. The minimum Gasteiger partial charge on any atom is -0.334 e. The smallest absolute Gasteiger partial charge is 0.259 e. The predicted octanol–water partition coefficient (Wildman–Crippen LogP) is 7.47. The van der Waals surface area contributed by atoms with Crippen molar-refractivity contribution in [3.8, 4) is 0 Å². The first-order valence-electron chi connectivity index (χ1n) is 12.5. The fraction of sp³-hybridized carbons (Fsp3) is 0.233. The van der Waals surface area contributed by atoms with Gasteiger partial charge in [0.1, 0.15) is 0 Å². The van der Waals surface area contributed by atoms with E-state index in [1.165, 1.54) is 16.7 Å². The van der Waals surface area contributed by atoms with Gasteiger partial charge in [0.25, 0.3) is 5.91 Å². The monoisotopic (exact) mass is 530 g/mol. The van der Waals surface area contributed by atoms with Crippen molar-refractivity contribution in [2.75, 3.05) is 16.8 Å². The zero-order chi connectivity index (χ0) is 25.8. The Morgan fingerprint density at radius 3 is 2.59 bits per heavy atom.